The highest BCUT2D eigenvalue weighted by atomic mass is 19.4. The summed E-state index contributed by atoms with van der Waals surface area (Å²) in [5.41, 5.74) is 0.516. The molecule has 0 atom stereocenters. The van der Waals surface area contributed by atoms with Gasteiger partial charge in [0.2, 0.25) is 11.8 Å². The van der Waals surface area contributed by atoms with Crippen LogP contribution in [-0.4, -0.2) is 61.7 Å². The number of hydrogen-bond donors (Lipinski definition) is 2. The topological polar surface area (TPSA) is 78.9 Å². The maximum absolute atomic E-state index is 12.4. The number of carbonyl (C=O) groups excluding carboxylic acids is 1. The van der Waals surface area contributed by atoms with Crippen LogP contribution in [0.1, 0.15) is 24.8 Å². The molecule has 1 aliphatic heterocycles. The van der Waals surface area contributed by atoms with Crippen molar-refractivity contribution in [1.29, 1.82) is 0 Å². The van der Waals surface area contributed by atoms with Crippen LogP contribution in [0.5, 0.6) is 5.88 Å². The number of halogens is 3. The lowest BCUT2D eigenvalue weighted by Crippen LogP contribution is -2.45. The number of aromatic nitrogens is 1. The minimum absolute atomic E-state index is 0.0453. The van der Waals surface area contributed by atoms with Gasteiger partial charge in [-0.05, 0) is 24.8 Å². The summed E-state index contributed by atoms with van der Waals surface area (Å²) in [6.45, 7) is 0.369. The van der Waals surface area contributed by atoms with Gasteiger partial charge in [0.1, 0.15) is 0 Å². The predicted molar refractivity (Wildman–Crippen MR) is 99.0 cm³/mol. The summed E-state index contributed by atoms with van der Waals surface area (Å²) >= 11 is 0. The molecule has 0 saturated carbocycles. The molecule has 1 aliphatic rings. The maximum atomic E-state index is 12.4. The van der Waals surface area contributed by atoms with Gasteiger partial charge in [-0.2, -0.15) is 13.2 Å². The van der Waals surface area contributed by atoms with Crippen molar-refractivity contribution in [3.63, 3.8) is 0 Å². The number of rotatable bonds is 6. The molecular formula is C18H26F3N5O2. The minimum Gasteiger partial charge on any atom is -0.468 e. The number of carbonyl (C=O) groups is 1. The molecule has 1 aromatic heterocycles. The summed E-state index contributed by atoms with van der Waals surface area (Å²) in [5.74, 6) is 0.995. The molecule has 1 aromatic rings. The lowest BCUT2D eigenvalue weighted by Gasteiger charge is -2.34. The fourth-order valence-electron chi connectivity index (χ4n) is 3.06. The van der Waals surface area contributed by atoms with Crippen LogP contribution < -0.4 is 15.4 Å². The first-order valence-corrected chi connectivity index (χ1v) is 9.12. The van der Waals surface area contributed by atoms with Crippen molar-refractivity contribution in [2.75, 3.05) is 33.8 Å². The average molecular weight is 401 g/mol. The van der Waals surface area contributed by atoms with E-state index in [2.05, 4.69) is 25.5 Å². The van der Waals surface area contributed by atoms with Crippen LogP contribution in [-0.2, 0) is 11.3 Å². The third-order valence-electron chi connectivity index (χ3n) is 4.54. The predicted octanol–water partition coefficient (Wildman–Crippen LogP) is 1.95. The molecule has 2 heterocycles. The van der Waals surface area contributed by atoms with Crippen molar-refractivity contribution in [1.82, 2.24) is 20.5 Å². The number of hydrogen-bond acceptors (Lipinski definition) is 4. The molecule has 28 heavy (non-hydrogen) atoms. The first kappa shape index (κ1) is 21.8. The maximum Gasteiger partial charge on any atom is 0.422 e. The molecule has 0 aliphatic carbocycles. The fourth-order valence-corrected chi connectivity index (χ4v) is 3.06. The molecule has 0 radical (unpaired) electrons. The Balaban J connectivity index is 1.89. The smallest absolute Gasteiger partial charge is 0.422 e. The van der Waals surface area contributed by atoms with Crippen molar-refractivity contribution in [3.05, 3.63) is 23.9 Å². The summed E-state index contributed by atoms with van der Waals surface area (Å²) in [5, 5.41) is 5.80. The molecular weight excluding hydrogens is 375 g/mol. The van der Waals surface area contributed by atoms with Gasteiger partial charge in [0.25, 0.3) is 0 Å². The summed E-state index contributed by atoms with van der Waals surface area (Å²) in [7, 11) is 3.29. The van der Waals surface area contributed by atoms with Crippen LogP contribution in [0.2, 0.25) is 0 Å². The Morgan fingerprint density at radius 1 is 1.39 bits per heavy atom. The quantitative estimate of drug-likeness (QED) is 0.563. The van der Waals surface area contributed by atoms with Gasteiger partial charge in [-0.1, -0.05) is 6.07 Å². The average Bonchev–Trinajstić information content (AvgIpc) is 2.68. The number of likely N-dealkylation sites (tertiary alicyclic amines) is 1. The van der Waals surface area contributed by atoms with Crippen LogP contribution >= 0.6 is 0 Å². The van der Waals surface area contributed by atoms with E-state index in [4.69, 9.17) is 4.74 Å². The monoisotopic (exact) mass is 401 g/mol. The molecule has 1 saturated heterocycles. The van der Waals surface area contributed by atoms with Crippen molar-refractivity contribution in [2.24, 2.45) is 10.9 Å². The number of nitrogens with zero attached hydrogens (tertiary/aromatic N) is 3. The van der Waals surface area contributed by atoms with Crippen LogP contribution in [0.15, 0.2) is 23.3 Å². The van der Waals surface area contributed by atoms with Gasteiger partial charge >= 0.3 is 6.18 Å². The highest BCUT2D eigenvalue weighted by Crippen LogP contribution is 2.22. The first-order valence-electron chi connectivity index (χ1n) is 9.12. The van der Waals surface area contributed by atoms with Gasteiger partial charge < -0.3 is 20.3 Å². The minimum atomic E-state index is -4.42. The highest BCUT2D eigenvalue weighted by molar-refractivity contribution is 5.80. The van der Waals surface area contributed by atoms with E-state index in [1.54, 1.807) is 26.2 Å². The lowest BCUT2D eigenvalue weighted by molar-refractivity contribution is -0.154. The van der Waals surface area contributed by atoms with E-state index in [1.807, 2.05) is 0 Å². The van der Waals surface area contributed by atoms with Crippen molar-refractivity contribution in [2.45, 2.75) is 32.0 Å². The number of guanidine groups is 1. The largest absolute Gasteiger partial charge is 0.468 e. The normalized spacial score (nSPS) is 16.0. The molecule has 2 N–H and O–H groups in total. The van der Waals surface area contributed by atoms with E-state index in [-0.39, 0.29) is 18.3 Å². The number of alkyl halides is 3. The molecule has 156 valence electrons. The van der Waals surface area contributed by atoms with Crippen LogP contribution in [0.4, 0.5) is 13.2 Å². The van der Waals surface area contributed by atoms with Gasteiger partial charge in [0.05, 0.1) is 0 Å². The Bertz CT molecular complexity index is 673. The van der Waals surface area contributed by atoms with E-state index < -0.39 is 12.8 Å². The van der Waals surface area contributed by atoms with Crippen LogP contribution in [0.3, 0.4) is 0 Å². The second-order valence-corrected chi connectivity index (χ2v) is 6.58. The summed E-state index contributed by atoms with van der Waals surface area (Å²) < 4.78 is 42.0. The number of piperidine rings is 1. The Hall–Kier alpha value is -2.52. The third kappa shape index (κ3) is 6.90. The van der Waals surface area contributed by atoms with E-state index in [0.717, 1.165) is 25.9 Å². The van der Waals surface area contributed by atoms with Crippen molar-refractivity contribution in [3.8, 4) is 5.88 Å². The Kier molecular flexibility index (Phi) is 7.89. The molecule has 1 fully saturated rings. The van der Waals surface area contributed by atoms with E-state index >= 15 is 0 Å². The summed E-state index contributed by atoms with van der Waals surface area (Å²) in [4.78, 5) is 21.7. The Morgan fingerprint density at radius 2 is 2.11 bits per heavy atom. The van der Waals surface area contributed by atoms with Gasteiger partial charge in [-0.15, -0.1) is 0 Å². The van der Waals surface area contributed by atoms with Crippen LogP contribution in [0, 0.1) is 5.92 Å². The lowest BCUT2D eigenvalue weighted by atomic mass is 9.93. The number of aliphatic imine (C=N–C) groups is 1. The zero-order chi connectivity index (χ0) is 20.6. The molecule has 0 bridgehead atoms. The van der Waals surface area contributed by atoms with Gasteiger partial charge in [0, 0.05) is 51.9 Å². The van der Waals surface area contributed by atoms with Crippen LogP contribution in [0.25, 0.3) is 0 Å². The number of pyridine rings is 1. The van der Waals surface area contributed by atoms with E-state index in [9.17, 15) is 18.0 Å². The fraction of sp³-hybridized carbons (Fsp3) is 0.611. The summed E-state index contributed by atoms with van der Waals surface area (Å²) in [6, 6.07) is 3.30. The Morgan fingerprint density at radius 3 is 2.71 bits per heavy atom. The Labute approximate surface area is 162 Å². The molecule has 0 spiro atoms. The molecule has 1 amide bonds. The molecule has 0 unspecified atom stereocenters. The van der Waals surface area contributed by atoms with E-state index in [1.165, 1.54) is 6.20 Å². The number of nitrogens with one attached hydrogen (secondary N) is 2. The molecule has 7 nitrogen and oxygen atoms in total. The SMILES string of the molecule is CN=C(NCc1cccnc1OCC(F)(F)F)N1CCC(CC(=O)NC)CC1. The second kappa shape index (κ2) is 10.1. The van der Waals surface area contributed by atoms with E-state index in [0.29, 0.717) is 23.9 Å². The number of ether oxygens (including phenoxy) is 1. The van der Waals surface area contributed by atoms with Crippen molar-refractivity contribution < 1.29 is 22.7 Å². The number of amides is 1. The molecule has 2 rings (SSSR count). The summed E-state index contributed by atoms with van der Waals surface area (Å²) in [6.07, 6.45) is -0.758. The highest BCUT2D eigenvalue weighted by Gasteiger charge is 2.29. The second-order valence-electron chi connectivity index (χ2n) is 6.58. The third-order valence-corrected chi connectivity index (χ3v) is 4.54. The van der Waals surface area contributed by atoms with Gasteiger partial charge in [-0.3, -0.25) is 9.79 Å². The van der Waals surface area contributed by atoms with Crippen molar-refractivity contribution >= 4 is 11.9 Å². The first-order chi connectivity index (χ1) is 13.3. The molecule has 10 heteroatoms. The zero-order valence-corrected chi connectivity index (χ0v) is 16.1. The molecule has 0 aromatic carbocycles. The van der Waals surface area contributed by atoms with Gasteiger partial charge in [-0.25, -0.2) is 4.98 Å². The zero-order valence-electron chi connectivity index (χ0n) is 16.1. The van der Waals surface area contributed by atoms with Gasteiger partial charge in [0.15, 0.2) is 12.6 Å². The standard InChI is InChI=1S/C18H26F3N5O2/c1-22-15(27)10-13-5-8-26(9-6-13)17(23-2)25-11-14-4-3-7-24-16(14)28-12-18(19,20)21/h3-4,7,13H,5-6,8-12H2,1-2H3,(H,22,27)(H,23,25).